The van der Waals surface area contributed by atoms with E-state index in [4.69, 9.17) is 21.3 Å². The smallest absolute Gasteiger partial charge is 0.337 e. The molecule has 1 N–H and O–H groups in total. The van der Waals surface area contributed by atoms with E-state index in [1.165, 1.54) is 17.7 Å². The first-order chi connectivity index (χ1) is 18.1. The van der Waals surface area contributed by atoms with Gasteiger partial charge in [0.15, 0.2) is 6.10 Å². The highest BCUT2D eigenvalue weighted by atomic mass is 35.5. The Kier molecular flexibility index (Phi) is 7.01. The van der Waals surface area contributed by atoms with Crippen LogP contribution in [0.5, 0.6) is 0 Å². The van der Waals surface area contributed by atoms with Crippen LogP contribution in [0.3, 0.4) is 0 Å². The van der Waals surface area contributed by atoms with Gasteiger partial charge in [-0.05, 0) is 68.7 Å². The van der Waals surface area contributed by atoms with E-state index in [1.807, 2.05) is 76.2 Å². The van der Waals surface area contributed by atoms with Crippen LogP contribution in [0, 0.1) is 6.92 Å². The monoisotopic (exact) mass is 543 g/mol. The first kappa shape index (κ1) is 26.0. The highest BCUT2D eigenvalue weighted by Gasteiger charge is 2.32. The van der Waals surface area contributed by atoms with Crippen molar-refractivity contribution in [2.24, 2.45) is 0 Å². The van der Waals surface area contributed by atoms with Gasteiger partial charge in [0.25, 0.3) is 0 Å². The van der Waals surface area contributed by atoms with Crippen LogP contribution in [0.15, 0.2) is 73.3 Å². The molecule has 2 aromatic heterocycles. The molecule has 192 valence electrons. The Morgan fingerprint density at radius 1 is 0.974 bits per heavy atom. The van der Waals surface area contributed by atoms with Crippen molar-refractivity contribution in [1.29, 1.82) is 0 Å². The lowest BCUT2D eigenvalue weighted by molar-refractivity contribution is -0.160. The molecule has 0 unspecified atom stereocenters. The number of ether oxygens (including phenoxy) is 1. The summed E-state index contributed by atoms with van der Waals surface area (Å²) in [6.07, 6.45) is 3.91. The summed E-state index contributed by atoms with van der Waals surface area (Å²) in [5, 5.41) is 11.7. The highest BCUT2D eigenvalue weighted by Crippen LogP contribution is 2.44. The Hall–Kier alpha value is -3.65. The van der Waals surface area contributed by atoms with Crippen molar-refractivity contribution in [2.75, 3.05) is 0 Å². The Balaban J connectivity index is 1.74. The molecule has 3 aromatic carbocycles. The van der Waals surface area contributed by atoms with Gasteiger partial charge in [0.1, 0.15) is 11.3 Å². The molecular formula is C30H26ClN3O3S. The molecular weight excluding hydrogens is 518 g/mol. The van der Waals surface area contributed by atoms with Gasteiger partial charge in [-0.25, -0.2) is 19.7 Å². The zero-order valence-corrected chi connectivity index (χ0v) is 23.0. The minimum atomic E-state index is -1.16. The number of aromatic nitrogens is 3. The second-order valence-corrected chi connectivity index (χ2v) is 11.4. The number of carboxylic acids is 1. The van der Waals surface area contributed by atoms with Crippen molar-refractivity contribution in [3.8, 4) is 32.8 Å². The maximum absolute atomic E-state index is 12.5. The average Bonchev–Trinajstić information content (AvgIpc) is 3.31. The van der Waals surface area contributed by atoms with E-state index in [0.29, 0.717) is 10.6 Å². The van der Waals surface area contributed by atoms with Crippen molar-refractivity contribution in [3.05, 3.63) is 89.5 Å². The normalized spacial score (nSPS) is 12.6. The number of aryl methyl sites for hydroxylation is 1. The molecule has 0 saturated heterocycles. The van der Waals surface area contributed by atoms with E-state index in [9.17, 15) is 9.90 Å². The number of aliphatic carboxylic acids is 1. The topological polar surface area (TPSA) is 85.2 Å². The molecule has 8 heteroatoms. The molecule has 0 amide bonds. The molecule has 0 aliphatic heterocycles. The predicted molar refractivity (Wildman–Crippen MR) is 152 cm³/mol. The summed E-state index contributed by atoms with van der Waals surface area (Å²) in [4.78, 5) is 25.8. The van der Waals surface area contributed by atoms with Crippen LogP contribution in [0.2, 0.25) is 5.02 Å². The zero-order chi connectivity index (χ0) is 27.0. The van der Waals surface area contributed by atoms with Crippen molar-refractivity contribution in [1.82, 2.24) is 15.0 Å². The predicted octanol–water partition coefficient (Wildman–Crippen LogP) is 7.99. The van der Waals surface area contributed by atoms with Gasteiger partial charge in [0, 0.05) is 39.7 Å². The fourth-order valence-electron chi connectivity index (χ4n) is 4.44. The Morgan fingerprint density at radius 2 is 1.66 bits per heavy atom. The minimum absolute atomic E-state index is 0.603. The number of fused-ring (bicyclic) bond motifs is 1. The lowest BCUT2D eigenvalue weighted by Crippen LogP contribution is -2.28. The highest BCUT2D eigenvalue weighted by molar-refractivity contribution is 7.22. The van der Waals surface area contributed by atoms with Crippen LogP contribution in [0.1, 0.15) is 38.0 Å². The van der Waals surface area contributed by atoms with E-state index >= 15 is 0 Å². The number of carbonyl (C=O) groups is 1. The van der Waals surface area contributed by atoms with Crippen molar-refractivity contribution in [2.45, 2.75) is 39.4 Å². The van der Waals surface area contributed by atoms with Gasteiger partial charge in [0.05, 0.1) is 15.8 Å². The van der Waals surface area contributed by atoms with Crippen molar-refractivity contribution in [3.63, 3.8) is 0 Å². The van der Waals surface area contributed by atoms with Gasteiger partial charge in [-0.1, -0.05) is 41.9 Å². The summed E-state index contributed by atoms with van der Waals surface area (Å²) in [6.45, 7) is 7.47. The molecule has 1 atom stereocenters. The number of halogens is 1. The fourth-order valence-corrected chi connectivity index (χ4v) is 5.69. The molecule has 0 spiro atoms. The molecule has 0 saturated carbocycles. The molecule has 6 nitrogen and oxygen atoms in total. The van der Waals surface area contributed by atoms with Crippen LogP contribution in [-0.2, 0) is 9.53 Å². The Labute approximate surface area is 230 Å². The lowest BCUT2D eigenvalue weighted by Gasteiger charge is -2.28. The Morgan fingerprint density at radius 3 is 2.32 bits per heavy atom. The van der Waals surface area contributed by atoms with Crippen molar-refractivity contribution >= 4 is 39.1 Å². The minimum Gasteiger partial charge on any atom is -0.479 e. The number of rotatable bonds is 6. The SMILES string of the molecule is Cc1cc2nc(-c3cccc(-c4cncnc4)c3)sc2c(-c2ccc(Cl)cc2)c1[C@H](OC(C)(C)C)C(=O)O. The van der Waals surface area contributed by atoms with Crippen LogP contribution < -0.4 is 0 Å². The summed E-state index contributed by atoms with van der Waals surface area (Å²) in [5.41, 5.74) is 6.05. The van der Waals surface area contributed by atoms with Crippen LogP contribution in [-0.4, -0.2) is 31.6 Å². The number of carboxylic acid groups (broad SMARTS) is 1. The second kappa shape index (κ2) is 10.3. The summed E-state index contributed by atoms with van der Waals surface area (Å²) >= 11 is 7.73. The van der Waals surface area contributed by atoms with Crippen LogP contribution >= 0.6 is 22.9 Å². The van der Waals surface area contributed by atoms with E-state index < -0.39 is 17.7 Å². The molecule has 0 aliphatic carbocycles. The molecule has 5 rings (SSSR count). The first-order valence-electron chi connectivity index (χ1n) is 12.1. The molecule has 0 fully saturated rings. The molecule has 38 heavy (non-hydrogen) atoms. The van der Waals surface area contributed by atoms with Gasteiger partial charge >= 0.3 is 5.97 Å². The van der Waals surface area contributed by atoms with E-state index in [2.05, 4.69) is 16.0 Å². The number of thiazole rings is 1. The first-order valence-corrected chi connectivity index (χ1v) is 13.3. The largest absolute Gasteiger partial charge is 0.479 e. The third-order valence-corrected chi connectivity index (χ3v) is 7.41. The van der Waals surface area contributed by atoms with E-state index in [1.54, 1.807) is 12.4 Å². The third-order valence-electron chi connectivity index (χ3n) is 6.02. The Bertz CT molecular complexity index is 1630. The van der Waals surface area contributed by atoms with Crippen LogP contribution in [0.25, 0.3) is 43.0 Å². The molecule has 5 aromatic rings. The number of benzene rings is 3. The molecule has 0 aliphatic rings. The van der Waals surface area contributed by atoms with Gasteiger partial charge in [-0.15, -0.1) is 11.3 Å². The average molecular weight is 544 g/mol. The summed E-state index contributed by atoms with van der Waals surface area (Å²) in [7, 11) is 0. The number of hydrogen-bond donors (Lipinski definition) is 1. The fraction of sp³-hybridized carbons (Fsp3) is 0.200. The van der Waals surface area contributed by atoms with E-state index in [0.717, 1.165) is 48.6 Å². The summed E-state index contributed by atoms with van der Waals surface area (Å²) < 4.78 is 6.99. The lowest BCUT2D eigenvalue weighted by atomic mass is 9.91. The zero-order valence-electron chi connectivity index (χ0n) is 21.4. The third kappa shape index (κ3) is 5.31. The summed E-state index contributed by atoms with van der Waals surface area (Å²) in [6, 6.07) is 17.5. The van der Waals surface area contributed by atoms with Crippen molar-refractivity contribution < 1.29 is 14.6 Å². The quantitative estimate of drug-likeness (QED) is 0.233. The summed E-state index contributed by atoms with van der Waals surface area (Å²) in [5.74, 6) is -1.04. The molecule has 0 bridgehead atoms. The number of hydrogen-bond acceptors (Lipinski definition) is 6. The van der Waals surface area contributed by atoms with Gasteiger partial charge < -0.3 is 9.84 Å². The standard InChI is InChI=1S/C30H26ClN3O3S/c1-17-12-23-27(38-28(34-23)20-7-5-6-19(13-20)21-14-32-16-33-15-21)25(18-8-10-22(31)11-9-18)24(17)26(29(35)36)37-30(2,3)4/h5-16,26H,1-4H3,(H,35,36)/t26-/m0/s1. The number of nitrogens with zero attached hydrogens (tertiary/aromatic N) is 3. The maximum atomic E-state index is 12.5. The van der Waals surface area contributed by atoms with Gasteiger partial charge in [-0.3, -0.25) is 0 Å². The maximum Gasteiger partial charge on any atom is 0.337 e. The van der Waals surface area contributed by atoms with Gasteiger partial charge in [0.2, 0.25) is 0 Å². The second-order valence-electron chi connectivity index (χ2n) is 10.0. The van der Waals surface area contributed by atoms with Crippen LogP contribution in [0.4, 0.5) is 0 Å². The van der Waals surface area contributed by atoms with Gasteiger partial charge in [-0.2, -0.15) is 0 Å². The molecule has 0 radical (unpaired) electrons. The van der Waals surface area contributed by atoms with E-state index in [-0.39, 0.29) is 0 Å². The molecule has 2 heterocycles.